The number of rotatable bonds is 7. The molecule has 0 saturated heterocycles. The quantitative estimate of drug-likeness (QED) is 0.643. The third-order valence-corrected chi connectivity index (χ3v) is 4.04. The molecule has 0 aliphatic heterocycles. The van der Waals surface area contributed by atoms with Gasteiger partial charge in [0, 0.05) is 12.3 Å². The summed E-state index contributed by atoms with van der Waals surface area (Å²) >= 11 is 0. The van der Waals surface area contributed by atoms with Crippen LogP contribution in [0.3, 0.4) is 0 Å². The Morgan fingerprint density at radius 3 is 2.44 bits per heavy atom. The molecule has 0 spiro atoms. The highest BCUT2D eigenvalue weighted by Gasteiger charge is 2.21. The van der Waals surface area contributed by atoms with Gasteiger partial charge in [0.2, 0.25) is 0 Å². The van der Waals surface area contributed by atoms with Crippen LogP contribution in [0.25, 0.3) is 0 Å². The van der Waals surface area contributed by atoms with E-state index in [2.05, 4.69) is 30.3 Å². The molecule has 1 saturated carbocycles. The Balaban J connectivity index is 1.54. The molecule has 1 aromatic rings. The number of hydrogen-bond acceptors (Lipinski definition) is 1. The summed E-state index contributed by atoms with van der Waals surface area (Å²) in [5, 5.41) is 0. The van der Waals surface area contributed by atoms with E-state index in [0.29, 0.717) is 11.7 Å². The zero-order chi connectivity index (χ0) is 12.6. The van der Waals surface area contributed by atoms with Gasteiger partial charge in [-0.1, -0.05) is 49.6 Å². The zero-order valence-corrected chi connectivity index (χ0v) is 11.2. The minimum absolute atomic E-state index is 0.416. The van der Waals surface area contributed by atoms with Gasteiger partial charge in [0.1, 0.15) is 5.78 Å². The van der Waals surface area contributed by atoms with E-state index in [1.807, 2.05) is 0 Å². The van der Waals surface area contributed by atoms with Crippen LogP contribution in [0.15, 0.2) is 30.3 Å². The van der Waals surface area contributed by atoms with Crippen molar-refractivity contribution in [1.29, 1.82) is 0 Å². The molecule has 0 radical (unpaired) electrons. The first kappa shape index (κ1) is 13.3. The normalized spacial score (nSPS) is 16.0. The number of Topliss-reactive ketones (excluding diaryl/α,β-unsaturated/α-hetero) is 1. The predicted octanol–water partition coefficient (Wildman–Crippen LogP) is 4.55. The average Bonchev–Trinajstić information content (AvgIpc) is 2.93. The summed E-state index contributed by atoms with van der Waals surface area (Å²) in [5.41, 5.74) is 1.42. The Bertz CT molecular complexity index is 349. The molecular formula is C17H24O. The summed E-state index contributed by atoms with van der Waals surface area (Å²) in [7, 11) is 0. The van der Waals surface area contributed by atoms with Gasteiger partial charge >= 0.3 is 0 Å². The van der Waals surface area contributed by atoms with Crippen LogP contribution >= 0.6 is 0 Å². The molecule has 1 aromatic carbocycles. The number of carbonyl (C=O) groups excluding carboxylic acids is 1. The summed E-state index contributed by atoms with van der Waals surface area (Å²) in [5.74, 6) is 0.950. The lowest BCUT2D eigenvalue weighted by Gasteiger charge is -2.07. The summed E-state index contributed by atoms with van der Waals surface area (Å²) < 4.78 is 0. The van der Waals surface area contributed by atoms with Crippen LogP contribution in [0.4, 0.5) is 0 Å². The van der Waals surface area contributed by atoms with Gasteiger partial charge in [0.15, 0.2) is 0 Å². The smallest absolute Gasteiger partial charge is 0.135 e. The first-order valence-electron chi connectivity index (χ1n) is 7.43. The van der Waals surface area contributed by atoms with E-state index < -0.39 is 0 Å². The van der Waals surface area contributed by atoms with Crippen LogP contribution in [0.1, 0.15) is 56.9 Å². The number of benzene rings is 1. The topological polar surface area (TPSA) is 17.1 Å². The van der Waals surface area contributed by atoms with Gasteiger partial charge in [-0.25, -0.2) is 0 Å². The standard InChI is InChI=1S/C17H24O/c18-17(16-12-7-8-13-16)14-6-2-5-11-15-9-3-1-4-10-15/h1,3-4,9-10,16H,2,5-8,11-14H2. The summed E-state index contributed by atoms with van der Waals surface area (Å²) in [6.07, 6.45) is 10.3. The van der Waals surface area contributed by atoms with Crippen LogP contribution in [-0.4, -0.2) is 5.78 Å². The van der Waals surface area contributed by atoms with Crippen LogP contribution < -0.4 is 0 Å². The second kappa shape index (κ2) is 7.35. The van der Waals surface area contributed by atoms with Crippen molar-refractivity contribution in [3.63, 3.8) is 0 Å². The molecular weight excluding hydrogens is 220 g/mol. The lowest BCUT2D eigenvalue weighted by atomic mass is 9.97. The van der Waals surface area contributed by atoms with Crippen LogP contribution in [0.5, 0.6) is 0 Å². The first-order chi connectivity index (χ1) is 8.86. The summed E-state index contributed by atoms with van der Waals surface area (Å²) in [6, 6.07) is 10.6. The molecule has 0 unspecified atom stereocenters. The molecule has 0 bridgehead atoms. The van der Waals surface area contributed by atoms with E-state index in [9.17, 15) is 4.79 Å². The van der Waals surface area contributed by atoms with Crippen molar-refractivity contribution in [2.24, 2.45) is 5.92 Å². The molecule has 0 N–H and O–H groups in total. The van der Waals surface area contributed by atoms with E-state index in [0.717, 1.165) is 32.1 Å². The highest BCUT2D eigenvalue weighted by Crippen LogP contribution is 2.27. The van der Waals surface area contributed by atoms with Crippen molar-refractivity contribution < 1.29 is 4.79 Å². The molecule has 0 aromatic heterocycles. The monoisotopic (exact) mass is 244 g/mol. The molecule has 98 valence electrons. The Morgan fingerprint density at radius 1 is 1.00 bits per heavy atom. The van der Waals surface area contributed by atoms with Crippen LogP contribution in [-0.2, 0) is 11.2 Å². The summed E-state index contributed by atoms with van der Waals surface area (Å²) in [4.78, 5) is 11.9. The fourth-order valence-corrected chi connectivity index (χ4v) is 2.90. The van der Waals surface area contributed by atoms with Crippen molar-refractivity contribution >= 4 is 5.78 Å². The minimum Gasteiger partial charge on any atom is -0.299 e. The molecule has 0 heterocycles. The maximum atomic E-state index is 11.9. The molecule has 1 fully saturated rings. The molecule has 1 aliphatic carbocycles. The second-order valence-corrected chi connectivity index (χ2v) is 5.49. The molecule has 1 heteroatoms. The molecule has 0 amide bonds. The Morgan fingerprint density at radius 2 is 1.72 bits per heavy atom. The van der Waals surface area contributed by atoms with Gasteiger partial charge in [-0.05, 0) is 37.7 Å². The Labute approximate surface area is 111 Å². The lowest BCUT2D eigenvalue weighted by Crippen LogP contribution is -2.10. The maximum Gasteiger partial charge on any atom is 0.135 e. The minimum atomic E-state index is 0.416. The molecule has 1 aliphatic rings. The average molecular weight is 244 g/mol. The van der Waals surface area contributed by atoms with E-state index in [-0.39, 0.29) is 0 Å². The third-order valence-electron chi connectivity index (χ3n) is 4.04. The van der Waals surface area contributed by atoms with Gasteiger partial charge in [-0.15, -0.1) is 0 Å². The Hall–Kier alpha value is -1.11. The number of hydrogen-bond donors (Lipinski definition) is 0. The second-order valence-electron chi connectivity index (χ2n) is 5.49. The lowest BCUT2D eigenvalue weighted by molar-refractivity contribution is -0.122. The third kappa shape index (κ3) is 4.29. The molecule has 0 atom stereocenters. The van der Waals surface area contributed by atoms with E-state index >= 15 is 0 Å². The zero-order valence-electron chi connectivity index (χ0n) is 11.2. The maximum absolute atomic E-state index is 11.9. The fourth-order valence-electron chi connectivity index (χ4n) is 2.90. The Kier molecular flexibility index (Phi) is 5.44. The van der Waals surface area contributed by atoms with Gasteiger partial charge in [0.05, 0.1) is 0 Å². The highest BCUT2D eigenvalue weighted by atomic mass is 16.1. The summed E-state index contributed by atoms with van der Waals surface area (Å²) in [6.45, 7) is 0. The van der Waals surface area contributed by atoms with Crippen LogP contribution in [0.2, 0.25) is 0 Å². The molecule has 18 heavy (non-hydrogen) atoms. The largest absolute Gasteiger partial charge is 0.299 e. The van der Waals surface area contributed by atoms with Gasteiger partial charge in [-0.2, -0.15) is 0 Å². The first-order valence-corrected chi connectivity index (χ1v) is 7.43. The van der Waals surface area contributed by atoms with E-state index in [1.54, 1.807) is 0 Å². The van der Waals surface area contributed by atoms with Crippen molar-refractivity contribution in [3.05, 3.63) is 35.9 Å². The number of unbranched alkanes of at least 4 members (excludes halogenated alkanes) is 2. The number of carbonyl (C=O) groups is 1. The van der Waals surface area contributed by atoms with Crippen molar-refractivity contribution in [2.45, 2.75) is 57.8 Å². The predicted molar refractivity (Wildman–Crippen MR) is 75.6 cm³/mol. The van der Waals surface area contributed by atoms with Gasteiger partial charge in [0.25, 0.3) is 0 Å². The van der Waals surface area contributed by atoms with E-state index in [1.165, 1.54) is 31.2 Å². The highest BCUT2D eigenvalue weighted by molar-refractivity contribution is 5.81. The van der Waals surface area contributed by atoms with Crippen LogP contribution in [0, 0.1) is 5.92 Å². The van der Waals surface area contributed by atoms with E-state index in [4.69, 9.17) is 0 Å². The SMILES string of the molecule is O=C(CCCCCc1ccccc1)C1CCCC1. The number of aryl methyl sites for hydroxylation is 1. The fraction of sp³-hybridized carbons (Fsp3) is 0.588. The molecule has 1 nitrogen and oxygen atoms in total. The van der Waals surface area contributed by atoms with Crippen molar-refractivity contribution in [1.82, 2.24) is 0 Å². The van der Waals surface area contributed by atoms with Crippen molar-refractivity contribution in [2.75, 3.05) is 0 Å². The number of ketones is 1. The van der Waals surface area contributed by atoms with Gasteiger partial charge < -0.3 is 0 Å². The van der Waals surface area contributed by atoms with Gasteiger partial charge in [-0.3, -0.25) is 4.79 Å². The molecule has 2 rings (SSSR count). The van der Waals surface area contributed by atoms with Crippen molar-refractivity contribution in [3.8, 4) is 0 Å².